The van der Waals surface area contributed by atoms with E-state index in [2.05, 4.69) is 49.6 Å². The number of nitrogens with one attached hydrogen (secondary N) is 2. The van der Waals surface area contributed by atoms with E-state index >= 15 is 0 Å². The largest absolute Gasteiger partial charge is 0.483 e. The van der Waals surface area contributed by atoms with Gasteiger partial charge in [-0.05, 0) is 84.1 Å². The summed E-state index contributed by atoms with van der Waals surface area (Å²) in [5.41, 5.74) is 7.67. The minimum absolute atomic E-state index is 0.232. The summed E-state index contributed by atoms with van der Waals surface area (Å²) in [6.45, 7) is 7.25. The van der Waals surface area contributed by atoms with Crippen LogP contribution in [0.4, 0.5) is 0 Å². The molecule has 0 spiro atoms. The molecule has 0 fully saturated rings. The van der Waals surface area contributed by atoms with E-state index in [9.17, 15) is 9.59 Å². The quantitative estimate of drug-likeness (QED) is 0.524. The number of hydrogen-bond donors (Lipinski definition) is 2. The molecule has 0 saturated carbocycles. The van der Waals surface area contributed by atoms with Crippen molar-refractivity contribution in [2.24, 2.45) is 0 Å². The first-order valence-electron chi connectivity index (χ1n) is 9.14. The van der Waals surface area contributed by atoms with Gasteiger partial charge in [-0.2, -0.15) is 0 Å². The maximum absolute atomic E-state index is 12.2. The zero-order chi connectivity index (χ0) is 21.6. The minimum Gasteiger partial charge on any atom is -0.483 e. The van der Waals surface area contributed by atoms with Crippen LogP contribution in [-0.4, -0.2) is 24.5 Å². The highest BCUT2D eigenvalue weighted by Crippen LogP contribution is 2.28. The third-order valence-electron chi connectivity index (χ3n) is 4.18. The van der Waals surface area contributed by atoms with Crippen molar-refractivity contribution in [1.29, 1.82) is 0 Å². The molecule has 0 aliphatic heterocycles. The van der Waals surface area contributed by atoms with Gasteiger partial charge in [0.1, 0.15) is 11.5 Å². The van der Waals surface area contributed by atoms with E-state index < -0.39 is 17.9 Å². The van der Waals surface area contributed by atoms with Gasteiger partial charge in [0.25, 0.3) is 11.8 Å². The number of hydrazine groups is 1. The van der Waals surface area contributed by atoms with Crippen LogP contribution in [-0.2, 0) is 16.0 Å². The molecule has 0 saturated heterocycles. The summed E-state index contributed by atoms with van der Waals surface area (Å²) in [7, 11) is 0. The van der Waals surface area contributed by atoms with Crippen molar-refractivity contribution < 1.29 is 19.1 Å². The lowest BCUT2D eigenvalue weighted by molar-refractivity contribution is -0.133. The lowest BCUT2D eigenvalue weighted by atomic mass is 10.1. The van der Waals surface area contributed by atoms with Crippen LogP contribution in [0.2, 0.25) is 0 Å². The van der Waals surface area contributed by atoms with Gasteiger partial charge in [-0.3, -0.25) is 20.4 Å². The van der Waals surface area contributed by atoms with E-state index in [1.54, 1.807) is 13.0 Å². The lowest BCUT2D eigenvalue weighted by Crippen LogP contribution is -2.48. The van der Waals surface area contributed by atoms with E-state index in [4.69, 9.17) is 9.47 Å². The summed E-state index contributed by atoms with van der Waals surface area (Å²) in [6, 6.07) is 9.51. The van der Waals surface area contributed by atoms with Crippen molar-refractivity contribution in [2.75, 3.05) is 6.61 Å². The molecule has 2 aromatic carbocycles. The molecule has 6 nitrogen and oxygen atoms in total. The molecule has 8 heteroatoms. The first kappa shape index (κ1) is 23.2. The highest BCUT2D eigenvalue weighted by atomic mass is 79.9. The fraction of sp³-hybridized carbons (Fsp3) is 0.333. The zero-order valence-electron chi connectivity index (χ0n) is 16.8. The number of halogens is 2. The molecule has 0 aliphatic carbocycles. The third kappa shape index (κ3) is 6.75. The summed E-state index contributed by atoms with van der Waals surface area (Å²) >= 11 is 6.85. The van der Waals surface area contributed by atoms with Crippen LogP contribution in [0.1, 0.15) is 30.5 Å². The Morgan fingerprint density at radius 3 is 2.31 bits per heavy atom. The lowest BCUT2D eigenvalue weighted by Gasteiger charge is -2.18. The molecule has 2 aromatic rings. The normalized spacial score (nSPS) is 11.5. The first-order valence-corrected chi connectivity index (χ1v) is 10.7. The topological polar surface area (TPSA) is 76.7 Å². The van der Waals surface area contributed by atoms with Crippen LogP contribution in [0, 0.1) is 13.8 Å². The number of ether oxygens (including phenoxy) is 2. The van der Waals surface area contributed by atoms with Crippen molar-refractivity contribution in [2.45, 2.75) is 40.2 Å². The second kappa shape index (κ2) is 10.6. The Labute approximate surface area is 187 Å². The molecule has 2 rings (SSSR count). The van der Waals surface area contributed by atoms with Gasteiger partial charge in [0.05, 0.1) is 4.47 Å². The van der Waals surface area contributed by atoms with Crippen LogP contribution in [0.5, 0.6) is 11.5 Å². The molecule has 0 radical (unpaired) electrons. The van der Waals surface area contributed by atoms with Crippen molar-refractivity contribution in [3.63, 3.8) is 0 Å². The Kier molecular flexibility index (Phi) is 8.52. The second-order valence-corrected chi connectivity index (χ2v) is 8.34. The van der Waals surface area contributed by atoms with E-state index in [0.717, 1.165) is 32.1 Å². The second-order valence-electron chi connectivity index (χ2n) is 6.57. The fourth-order valence-electron chi connectivity index (χ4n) is 2.61. The predicted octanol–water partition coefficient (Wildman–Crippen LogP) is 4.38. The third-order valence-corrected chi connectivity index (χ3v) is 5.25. The van der Waals surface area contributed by atoms with E-state index in [-0.39, 0.29) is 6.61 Å². The number of hydrogen-bond acceptors (Lipinski definition) is 4. The molecule has 0 aliphatic rings. The summed E-state index contributed by atoms with van der Waals surface area (Å²) in [6.07, 6.45) is 0.121. The average molecular weight is 528 g/mol. The van der Waals surface area contributed by atoms with Crippen molar-refractivity contribution >= 4 is 43.7 Å². The van der Waals surface area contributed by atoms with Crippen molar-refractivity contribution in [1.82, 2.24) is 10.9 Å². The fourth-order valence-corrected chi connectivity index (χ4v) is 3.83. The van der Waals surface area contributed by atoms with E-state index in [0.29, 0.717) is 11.5 Å². The molecule has 29 heavy (non-hydrogen) atoms. The number of carbonyl (C=O) groups excluding carboxylic acids is 2. The van der Waals surface area contributed by atoms with Gasteiger partial charge in [-0.15, -0.1) is 0 Å². The van der Waals surface area contributed by atoms with E-state index in [1.807, 2.05) is 38.1 Å². The SMILES string of the molecule is CCc1ccc(OCC(=O)NNC(=O)C(C)Oc2c(C)cc(Br)cc2C)c(Br)c1. The van der Waals surface area contributed by atoms with Gasteiger partial charge in [0.2, 0.25) is 0 Å². The Morgan fingerprint density at radius 1 is 1.07 bits per heavy atom. The van der Waals surface area contributed by atoms with Gasteiger partial charge in [0, 0.05) is 4.47 Å². The standard InChI is InChI=1S/C21H24Br2N2O4/c1-5-15-6-7-18(17(23)10-15)28-11-19(26)24-25-21(27)14(4)29-20-12(2)8-16(22)9-13(20)3/h6-10,14H,5,11H2,1-4H3,(H,24,26)(H,25,27). The highest BCUT2D eigenvalue weighted by molar-refractivity contribution is 9.10. The number of aryl methyl sites for hydroxylation is 3. The molecule has 0 aromatic heterocycles. The Bertz CT molecular complexity index is 879. The molecule has 2 amide bonds. The van der Waals surface area contributed by atoms with Gasteiger partial charge < -0.3 is 9.47 Å². The van der Waals surface area contributed by atoms with Gasteiger partial charge in [-0.25, -0.2) is 0 Å². The van der Waals surface area contributed by atoms with Crippen LogP contribution < -0.4 is 20.3 Å². The van der Waals surface area contributed by atoms with Crippen molar-refractivity contribution in [3.8, 4) is 11.5 Å². The molecular formula is C21H24Br2N2O4. The van der Waals surface area contributed by atoms with Gasteiger partial charge in [-0.1, -0.05) is 28.9 Å². The summed E-state index contributed by atoms with van der Waals surface area (Å²) in [5, 5.41) is 0. The summed E-state index contributed by atoms with van der Waals surface area (Å²) in [4.78, 5) is 24.2. The number of rotatable bonds is 7. The predicted molar refractivity (Wildman–Crippen MR) is 119 cm³/mol. The first-order chi connectivity index (χ1) is 13.7. The minimum atomic E-state index is -0.787. The highest BCUT2D eigenvalue weighted by Gasteiger charge is 2.18. The van der Waals surface area contributed by atoms with Crippen LogP contribution >= 0.6 is 31.9 Å². The maximum Gasteiger partial charge on any atom is 0.279 e. The summed E-state index contributed by atoms with van der Waals surface area (Å²) < 4.78 is 13.0. The smallest absolute Gasteiger partial charge is 0.279 e. The summed E-state index contributed by atoms with van der Waals surface area (Å²) in [5.74, 6) is 0.258. The van der Waals surface area contributed by atoms with Crippen molar-refractivity contribution in [3.05, 3.63) is 56.0 Å². The maximum atomic E-state index is 12.2. The van der Waals surface area contributed by atoms with Gasteiger partial charge >= 0.3 is 0 Å². The molecule has 0 heterocycles. The Hall–Kier alpha value is -2.06. The number of benzene rings is 2. The van der Waals surface area contributed by atoms with E-state index in [1.165, 1.54) is 0 Å². The molecule has 1 atom stereocenters. The molecule has 156 valence electrons. The van der Waals surface area contributed by atoms with Crippen LogP contribution in [0.25, 0.3) is 0 Å². The van der Waals surface area contributed by atoms with Crippen LogP contribution in [0.15, 0.2) is 39.3 Å². The monoisotopic (exact) mass is 526 g/mol. The molecular weight excluding hydrogens is 504 g/mol. The Morgan fingerprint density at radius 2 is 1.72 bits per heavy atom. The molecule has 0 bridgehead atoms. The van der Waals surface area contributed by atoms with Gasteiger partial charge in [0.15, 0.2) is 12.7 Å². The zero-order valence-corrected chi connectivity index (χ0v) is 19.9. The molecule has 1 unspecified atom stereocenters. The molecule has 2 N–H and O–H groups in total. The van der Waals surface area contributed by atoms with Crippen LogP contribution in [0.3, 0.4) is 0 Å². The number of amides is 2. The average Bonchev–Trinajstić information content (AvgIpc) is 2.67. The Balaban J connectivity index is 1.83. The number of carbonyl (C=O) groups is 2.